The third-order valence-electron chi connectivity index (χ3n) is 12.2. The lowest BCUT2D eigenvalue weighted by atomic mass is 9.69. The fraction of sp³-hybridized carbons (Fsp3) is 0.0526. The van der Waals surface area contributed by atoms with E-state index < -0.39 is 5.41 Å². The van der Waals surface area contributed by atoms with Gasteiger partial charge in [-0.05, 0) is 160 Å². The van der Waals surface area contributed by atoms with Gasteiger partial charge in [0.05, 0.1) is 17.9 Å². The van der Waals surface area contributed by atoms with Gasteiger partial charge in [-0.3, -0.25) is 0 Å². The molecule has 2 aliphatic rings. The Bertz CT molecular complexity index is 3060. The van der Waals surface area contributed by atoms with Crippen LogP contribution in [-0.2, 0) is 5.41 Å². The molecule has 0 amide bonds. The van der Waals surface area contributed by atoms with E-state index in [1.54, 1.807) is 6.08 Å². The number of nitriles is 1. The Morgan fingerprint density at radius 2 is 1.27 bits per heavy atom. The summed E-state index contributed by atoms with van der Waals surface area (Å²) in [6, 6.07) is 50.9. The van der Waals surface area contributed by atoms with E-state index in [0.717, 1.165) is 61.0 Å². The summed E-state index contributed by atoms with van der Waals surface area (Å²) in [5.41, 5.74) is 25.5. The maximum atomic E-state index is 9.44. The van der Waals surface area contributed by atoms with Crippen molar-refractivity contribution in [3.8, 4) is 50.6 Å². The van der Waals surface area contributed by atoms with Gasteiger partial charge in [0.2, 0.25) is 0 Å². The Morgan fingerprint density at radius 3 is 1.88 bits per heavy atom. The van der Waals surface area contributed by atoms with E-state index in [1.807, 2.05) is 24.3 Å². The fourth-order valence-electron chi connectivity index (χ4n) is 9.87. The zero-order valence-corrected chi connectivity index (χ0v) is 33.5. The Hall–Kier alpha value is -7.80. The first-order valence-electron chi connectivity index (χ1n) is 20.3. The molecule has 0 bridgehead atoms. The van der Waals surface area contributed by atoms with Crippen molar-refractivity contribution in [3.05, 3.63) is 228 Å². The van der Waals surface area contributed by atoms with Gasteiger partial charge in [0.15, 0.2) is 0 Å². The van der Waals surface area contributed by atoms with Crippen LogP contribution in [0.15, 0.2) is 183 Å². The molecule has 0 saturated heterocycles. The SMILES string of the molecule is C=C/C(=C\C=N)c1cccc(-c2cc3c(c(C=C)c2/C=C\C)-c2c(cc(-c4cccc(C(/C=C\N)=C/CC#N)c4)c4ccccc24)C32c3ccccc3-c3ccccc32)c1. The molecular formula is C57H43N3. The Balaban J connectivity index is 1.45. The van der Waals surface area contributed by atoms with Crippen molar-refractivity contribution in [2.45, 2.75) is 18.8 Å². The molecule has 3 heteroatoms. The van der Waals surface area contributed by atoms with Crippen molar-refractivity contribution in [2.75, 3.05) is 0 Å². The van der Waals surface area contributed by atoms with Gasteiger partial charge in [-0.1, -0.05) is 153 Å². The first kappa shape index (κ1) is 37.8. The molecule has 0 aliphatic heterocycles. The van der Waals surface area contributed by atoms with E-state index in [2.05, 4.69) is 172 Å². The Kier molecular flexibility index (Phi) is 9.76. The van der Waals surface area contributed by atoms with Crippen LogP contribution in [0.5, 0.6) is 0 Å². The molecule has 9 rings (SSSR count). The lowest BCUT2D eigenvalue weighted by molar-refractivity contribution is 0.795. The molecule has 7 aromatic carbocycles. The van der Waals surface area contributed by atoms with Crippen LogP contribution in [-0.4, -0.2) is 6.21 Å². The minimum absolute atomic E-state index is 0.286. The van der Waals surface area contributed by atoms with Crippen molar-refractivity contribution in [3.63, 3.8) is 0 Å². The smallest absolute Gasteiger partial charge is 0.0726 e. The molecule has 3 N–H and O–H groups in total. The molecule has 0 saturated carbocycles. The molecule has 0 aromatic heterocycles. The molecule has 0 atom stereocenters. The zero-order valence-electron chi connectivity index (χ0n) is 33.5. The second-order valence-corrected chi connectivity index (χ2v) is 15.1. The number of nitrogens with two attached hydrogens (primary N) is 1. The molecule has 2 aliphatic carbocycles. The number of rotatable bonds is 10. The summed E-state index contributed by atoms with van der Waals surface area (Å²) in [4.78, 5) is 0. The van der Waals surface area contributed by atoms with Gasteiger partial charge in [-0.15, -0.1) is 0 Å². The molecule has 286 valence electrons. The lowest BCUT2D eigenvalue weighted by Gasteiger charge is -2.32. The topological polar surface area (TPSA) is 73.7 Å². The van der Waals surface area contributed by atoms with E-state index in [1.165, 1.54) is 62.3 Å². The second kappa shape index (κ2) is 15.5. The summed E-state index contributed by atoms with van der Waals surface area (Å²) in [6.45, 7) is 10.7. The monoisotopic (exact) mass is 769 g/mol. The molecule has 0 fully saturated rings. The van der Waals surface area contributed by atoms with Gasteiger partial charge < -0.3 is 11.1 Å². The van der Waals surface area contributed by atoms with E-state index in [0.29, 0.717) is 0 Å². The maximum Gasteiger partial charge on any atom is 0.0726 e. The molecule has 1 spiro atoms. The van der Waals surface area contributed by atoms with Crippen LogP contribution < -0.4 is 5.73 Å². The lowest BCUT2D eigenvalue weighted by Crippen LogP contribution is -2.26. The van der Waals surface area contributed by atoms with Crippen LogP contribution in [0.25, 0.3) is 78.6 Å². The van der Waals surface area contributed by atoms with Crippen molar-refractivity contribution >= 4 is 40.3 Å². The van der Waals surface area contributed by atoms with Crippen molar-refractivity contribution in [2.24, 2.45) is 5.73 Å². The van der Waals surface area contributed by atoms with Crippen LogP contribution in [0.4, 0.5) is 0 Å². The first-order valence-corrected chi connectivity index (χ1v) is 20.3. The van der Waals surface area contributed by atoms with Crippen molar-refractivity contribution in [1.29, 1.82) is 10.7 Å². The van der Waals surface area contributed by atoms with E-state index in [4.69, 9.17) is 11.1 Å². The van der Waals surface area contributed by atoms with Crippen LogP contribution in [0.2, 0.25) is 0 Å². The normalized spacial score (nSPS) is 13.6. The van der Waals surface area contributed by atoms with Crippen LogP contribution in [0.3, 0.4) is 0 Å². The number of nitrogens with zero attached hydrogens (tertiary/aromatic N) is 1. The third-order valence-corrected chi connectivity index (χ3v) is 12.2. The molecule has 7 aromatic rings. The number of fused-ring (bicyclic) bond motifs is 12. The molecule has 0 heterocycles. The zero-order chi connectivity index (χ0) is 41.4. The summed E-state index contributed by atoms with van der Waals surface area (Å²) in [7, 11) is 0. The molecule has 0 radical (unpaired) electrons. The Morgan fingerprint density at radius 1 is 0.667 bits per heavy atom. The highest BCUT2D eigenvalue weighted by Crippen LogP contribution is 2.66. The minimum Gasteiger partial charge on any atom is -0.405 e. The minimum atomic E-state index is -0.653. The summed E-state index contributed by atoms with van der Waals surface area (Å²) in [5.74, 6) is 0. The van der Waals surface area contributed by atoms with Crippen LogP contribution >= 0.6 is 0 Å². The average molecular weight is 770 g/mol. The van der Waals surface area contributed by atoms with Gasteiger partial charge in [-0.2, -0.15) is 5.26 Å². The number of allylic oxidation sites excluding steroid dienone is 7. The van der Waals surface area contributed by atoms with Gasteiger partial charge >= 0.3 is 0 Å². The van der Waals surface area contributed by atoms with Crippen molar-refractivity contribution < 1.29 is 0 Å². The van der Waals surface area contributed by atoms with Crippen LogP contribution in [0.1, 0.15) is 57.9 Å². The quantitative estimate of drug-likeness (QED) is 0.107. The second-order valence-electron chi connectivity index (χ2n) is 15.1. The number of hydrogen-bond acceptors (Lipinski definition) is 3. The molecule has 60 heavy (non-hydrogen) atoms. The molecule has 3 nitrogen and oxygen atoms in total. The highest BCUT2D eigenvalue weighted by Gasteiger charge is 2.53. The number of benzene rings is 7. The standard InChI is InChI=1S/C57H43N3/c1-4-16-44-43(6-3)55-53(35-49(44)41-19-13-17-39(33-41)37(5-2)28-31-59)57(51-26-11-9-23-46(51)47-24-10-12-27-52(47)57)54-36-50(45-22-7-8-25-48(45)56(54)55)42-20-14-18-40(34-42)38(29-32-60)21-15-30-58/h4-14,16-29,31-36,59H,2-3,15,60H2,1H3/b16-4-,32-29-,37-28+,38-21+,59-31?. The summed E-state index contributed by atoms with van der Waals surface area (Å²) >= 11 is 0. The highest BCUT2D eigenvalue weighted by molar-refractivity contribution is 6.13. The Labute approximate surface area is 352 Å². The van der Waals surface area contributed by atoms with E-state index in [-0.39, 0.29) is 6.42 Å². The fourth-order valence-corrected chi connectivity index (χ4v) is 9.87. The van der Waals surface area contributed by atoms with Gasteiger partial charge in [0.1, 0.15) is 0 Å². The van der Waals surface area contributed by atoms with E-state index in [9.17, 15) is 5.26 Å². The number of nitrogens with one attached hydrogen (secondary N) is 1. The van der Waals surface area contributed by atoms with Gasteiger partial charge in [0, 0.05) is 6.21 Å². The number of hydrogen-bond donors (Lipinski definition) is 2. The first-order chi connectivity index (χ1) is 29.5. The summed E-state index contributed by atoms with van der Waals surface area (Å²) in [6.07, 6.45) is 16.9. The van der Waals surface area contributed by atoms with Crippen LogP contribution in [0, 0.1) is 16.7 Å². The predicted molar refractivity (Wildman–Crippen MR) is 254 cm³/mol. The summed E-state index contributed by atoms with van der Waals surface area (Å²) < 4.78 is 0. The maximum absolute atomic E-state index is 9.44. The summed E-state index contributed by atoms with van der Waals surface area (Å²) in [5, 5.41) is 19.6. The highest BCUT2D eigenvalue weighted by atomic mass is 14.5. The van der Waals surface area contributed by atoms with Gasteiger partial charge in [-0.25, -0.2) is 0 Å². The van der Waals surface area contributed by atoms with Gasteiger partial charge in [0.25, 0.3) is 0 Å². The average Bonchev–Trinajstić information content (AvgIpc) is 3.76. The predicted octanol–water partition coefficient (Wildman–Crippen LogP) is 14.2. The molecular weight excluding hydrogens is 727 g/mol. The van der Waals surface area contributed by atoms with Crippen molar-refractivity contribution in [1.82, 2.24) is 0 Å². The third kappa shape index (κ3) is 5.69. The molecule has 0 unspecified atom stereocenters. The van der Waals surface area contributed by atoms with E-state index >= 15 is 0 Å². The largest absolute Gasteiger partial charge is 0.405 e.